The van der Waals surface area contributed by atoms with Crippen LogP contribution < -0.4 is 15.0 Å². The molecular formula is C23H20N4O4S. The summed E-state index contributed by atoms with van der Waals surface area (Å²) in [6, 6.07) is 18.2. The fourth-order valence-electron chi connectivity index (χ4n) is 3.07. The first kappa shape index (κ1) is 21.4. The Morgan fingerprint density at radius 2 is 1.94 bits per heavy atom. The highest BCUT2D eigenvalue weighted by Crippen LogP contribution is 2.30. The van der Waals surface area contributed by atoms with Gasteiger partial charge in [-0.05, 0) is 31.2 Å². The normalized spacial score (nSPS) is 14.6. The van der Waals surface area contributed by atoms with Crippen molar-refractivity contribution < 1.29 is 18.8 Å². The zero-order chi connectivity index (χ0) is 22.5. The van der Waals surface area contributed by atoms with Crippen LogP contribution in [-0.2, 0) is 9.59 Å². The minimum Gasteiger partial charge on any atom is -0.496 e. The third kappa shape index (κ3) is 4.73. The third-order valence-corrected chi connectivity index (χ3v) is 5.44. The van der Waals surface area contributed by atoms with Crippen molar-refractivity contribution in [2.45, 2.75) is 6.92 Å². The Bertz CT molecular complexity index is 1200. The van der Waals surface area contributed by atoms with Crippen LogP contribution in [0.5, 0.6) is 5.75 Å². The summed E-state index contributed by atoms with van der Waals surface area (Å²) in [4.78, 5) is 31.6. The number of hydrogen-bond donors (Lipinski definition) is 1. The number of aromatic nitrogens is 1. The molecule has 32 heavy (non-hydrogen) atoms. The maximum atomic E-state index is 13.2. The number of thioether (sulfide) groups is 1. The van der Waals surface area contributed by atoms with E-state index in [1.54, 1.807) is 26.2 Å². The highest BCUT2D eigenvalue weighted by molar-refractivity contribution is 8.14. The Balaban J connectivity index is 1.59. The maximum Gasteiger partial charge on any atom is 0.283 e. The molecule has 162 valence electrons. The summed E-state index contributed by atoms with van der Waals surface area (Å²) in [5, 5.41) is 6.83. The molecule has 0 bridgehead atoms. The van der Waals surface area contributed by atoms with Crippen molar-refractivity contribution in [3.63, 3.8) is 0 Å². The van der Waals surface area contributed by atoms with Crippen LogP contribution in [0.25, 0.3) is 6.08 Å². The summed E-state index contributed by atoms with van der Waals surface area (Å²) in [6.07, 6.45) is 1.68. The monoisotopic (exact) mass is 448 g/mol. The number of aryl methyl sites for hydroxylation is 1. The average Bonchev–Trinajstić information content (AvgIpc) is 3.35. The number of carbonyl (C=O) groups excluding carboxylic acids is 2. The molecule has 8 nitrogen and oxygen atoms in total. The number of ether oxygens (including phenoxy) is 1. The molecule has 2 amide bonds. The fraction of sp³-hybridized carbons (Fsp3) is 0.130. The number of nitrogens with zero attached hydrogens (tertiary/aromatic N) is 3. The Kier molecular flexibility index (Phi) is 6.37. The number of amidine groups is 1. The number of nitrogens with one attached hydrogen (secondary N) is 1. The average molecular weight is 449 g/mol. The lowest BCUT2D eigenvalue weighted by molar-refractivity contribution is -0.114. The van der Waals surface area contributed by atoms with E-state index in [0.29, 0.717) is 28.2 Å². The molecule has 0 radical (unpaired) electrons. The Labute approximate surface area is 188 Å². The van der Waals surface area contributed by atoms with Gasteiger partial charge in [0.05, 0.1) is 18.6 Å². The lowest BCUT2D eigenvalue weighted by atomic mass is 10.1. The Hall–Kier alpha value is -3.85. The van der Waals surface area contributed by atoms with Crippen LogP contribution in [0.3, 0.4) is 0 Å². The van der Waals surface area contributed by atoms with Gasteiger partial charge in [0, 0.05) is 11.6 Å². The Morgan fingerprint density at radius 1 is 1.19 bits per heavy atom. The summed E-state index contributed by atoms with van der Waals surface area (Å²) in [7, 11) is 1.57. The second-order valence-corrected chi connectivity index (χ2v) is 7.74. The summed E-state index contributed by atoms with van der Waals surface area (Å²) in [5.41, 5.74) is 1.66. The van der Waals surface area contributed by atoms with E-state index in [4.69, 9.17) is 9.26 Å². The van der Waals surface area contributed by atoms with Gasteiger partial charge in [-0.3, -0.25) is 14.5 Å². The van der Waals surface area contributed by atoms with Crippen LogP contribution in [0.15, 0.2) is 75.9 Å². The number of hydrogen-bond acceptors (Lipinski definition) is 7. The third-order valence-electron chi connectivity index (χ3n) is 4.50. The minimum atomic E-state index is -0.284. The molecule has 0 fully saturated rings. The van der Waals surface area contributed by atoms with Crippen molar-refractivity contribution in [3.8, 4) is 5.75 Å². The minimum absolute atomic E-state index is 0.0449. The van der Waals surface area contributed by atoms with E-state index in [1.807, 2.05) is 54.6 Å². The zero-order valence-corrected chi connectivity index (χ0v) is 18.3. The lowest BCUT2D eigenvalue weighted by Gasteiger charge is -2.17. The molecule has 1 N–H and O–H groups in total. The van der Waals surface area contributed by atoms with Crippen molar-refractivity contribution in [2.75, 3.05) is 23.1 Å². The van der Waals surface area contributed by atoms with Gasteiger partial charge in [0.1, 0.15) is 17.2 Å². The molecule has 3 aromatic rings. The van der Waals surface area contributed by atoms with Crippen molar-refractivity contribution in [1.29, 1.82) is 0 Å². The smallest absolute Gasteiger partial charge is 0.283 e. The quantitative estimate of drug-likeness (QED) is 0.570. The number of amides is 2. The van der Waals surface area contributed by atoms with Gasteiger partial charge in [0.15, 0.2) is 11.0 Å². The maximum absolute atomic E-state index is 13.2. The first-order chi connectivity index (χ1) is 15.5. The van der Waals surface area contributed by atoms with E-state index in [1.165, 1.54) is 4.90 Å². The van der Waals surface area contributed by atoms with Crippen molar-refractivity contribution >= 4 is 46.3 Å². The molecule has 2 aromatic carbocycles. The van der Waals surface area contributed by atoms with Gasteiger partial charge in [-0.1, -0.05) is 53.3 Å². The molecule has 9 heteroatoms. The number of para-hydroxylation sites is 2. The molecule has 1 aromatic heterocycles. The Morgan fingerprint density at radius 3 is 2.66 bits per heavy atom. The van der Waals surface area contributed by atoms with Gasteiger partial charge in [0.25, 0.3) is 5.91 Å². The fourth-order valence-corrected chi connectivity index (χ4v) is 3.88. The number of methoxy groups -OCH3 is 1. The van der Waals surface area contributed by atoms with E-state index in [2.05, 4.69) is 15.5 Å². The lowest BCUT2D eigenvalue weighted by Crippen LogP contribution is -2.31. The second kappa shape index (κ2) is 9.52. The van der Waals surface area contributed by atoms with Crippen LogP contribution in [0.1, 0.15) is 11.3 Å². The number of anilines is 2. The van der Waals surface area contributed by atoms with Crippen LogP contribution in [0, 0.1) is 6.92 Å². The molecule has 0 unspecified atom stereocenters. The van der Waals surface area contributed by atoms with E-state index >= 15 is 0 Å². The second-order valence-electron chi connectivity index (χ2n) is 6.80. The SMILES string of the molecule is COc1ccccc1/C=C1/N=C(SCC(=O)Nc2cc(C)on2)N(c2ccccc2)C1=O. The molecule has 0 saturated carbocycles. The molecule has 0 atom stereocenters. The van der Waals surface area contributed by atoms with Gasteiger partial charge < -0.3 is 14.6 Å². The number of rotatable bonds is 6. The van der Waals surface area contributed by atoms with Crippen molar-refractivity contribution in [3.05, 3.63) is 77.7 Å². The molecular weight excluding hydrogens is 428 g/mol. The highest BCUT2D eigenvalue weighted by Gasteiger charge is 2.32. The number of benzene rings is 2. The predicted octanol–water partition coefficient (Wildman–Crippen LogP) is 4.11. The van der Waals surface area contributed by atoms with Crippen molar-refractivity contribution in [2.24, 2.45) is 4.99 Å². The van der Waals surface area contributed by atoms with Crippen LogP contribution >= 0.6 is 11.8 Å². The first-order valence-corrected chi connectivity index (χ1v) is 10.7. The molecule has 1 aliphatic heterocycles. The number of carbonyl (C=O) groups is 2. The first-order valence-electron chi connectivity index (χ1n) is 9.74. The molecule has 2 heterocycles. The van der Waals surface area contributed by atoms with Gasteiger partial charge in [-0.15, -0.1) is 0 Å². The topological polar surface area (TPSA) is 97.0 Å². The van der Waals surface area contributed by atoms with E-state index < -0.39 is 0 Å². The number of aliphatic imine (C=N–C) groups is 1. The summed E-state index contributed by atoms with van der Waals surface area (Å²) < 4.78 is 10.3. The van der Waals surface area contributed by atoms with E-state index in [9.17, 15) is 9.59 Å². The molecule has 0 saturated heterocycles. The molecule has 1 aliphatic rings. The largest absolute Gasteiger partial charge is 0.496 e. The molecule has 4 rings (SSSR count). The van der Waals surface area contributed by atoms with Crippen LogP contribution in [0.2, 0.25) is 0 Å². The van der Waals surface area contributed by atoms with Crippen LogP contribution in [0.4, 0.5) is 11.5 Å². The predicted molar refractivity (Wildman–Crippen MR) is 125 cm³/mol. The van der Waals surface area contributed by atoms with Gasteiger partial charge in [0.2, 0.25) is 5.91 Å². The van der Waals surface area contributed by atoms with Gasteiger partial charge in [-0.25, -0.2) is 4.99 Å². The van der Waals surface area contributed by atoms with Gasteiger partial charge >= 0.3 is 0 Å². The molecule has 0 aliphatic carbocycles. The highest BCUT2D eigenvalue weighted by atomic mass is 32.2. The zero-order valence-electron chi connectivity index (χ0n) is 17.4. The molecule has 0 spiro atoms. The van der Waals surface area contributed by atoms with Crippen LogP contribution in [-0.4, -0.2) is 35.0 Å². The summed E-state index contributed by atoms with van der Waals surface area (Å²) in [6.45, 7) is 1.74. The summed E-state index contributed by atoms with van der Waals surface area (Å²) in [5.74, 6) is 1.06. The van der Waals surface area contributed by atoms with Gasteiger partial charge in [-0.2, -0.15) is 0 Å². The van der Waals surface area contributed by atoms with E-state index in [0.717, 1.165) is 17.3 Å². The van der Waals surface area contributed by atoms with Crippen molar-refractivity contribution in [1.82, 2.24) is 5.16 Å². The summed E-state index contributed by atoms with van der Waals surface area (Å²) >= 11 is 1.16. The van der Waals surface area contributed by atoms with E-state index in [-0.39, 0.29) is 23.3 Å². The standard InChI is InChI=1S/C23H20N4O4S/c1-15-12-20(26-31-15)25-21(28)14-32-23-24-18(13-16-8-6-7-11-19(16)30-2)22(29)27(23)17-9-4-3-5-10-17/h3-13H,14H2,1-2H3,(H,25,26,28)/b18-13+.